The summed E-state index contributed by atoms with van der Waals surface area (Å²) in [5, 5.41) is 10.0. The predicted molar refractivity (Wildman–Crippen MR) is 93.4 cm³/mol. The number of hydrogen-bond donors (Lipinski definition) is 1. The molecule has 1 N–H and O–H groups in total. The highest BCUT2D eigenvalue weighted by Crippen LogP contribution is 2.43. The summed E-state index contributed by atoms with van der Waals surface area (Å²) in [5.74, 6) is 0.200. The topological polar surface area (TPSA) is 63.6 Å². The third-order valence-corrected chi connectivity index (χ3v) is 4.98. The molecule has 0 aromatic heterocycles. The zero-order valence-electron chi connectivity index (χ0n) is 15.2. The van der Waals surface area contributed by atoms with Crippen LogP contribution in [0.15, 0.2) is 24.0 Å². The summed E-state index contributed by atoms with van der Waals surface area (Å²) < 4.78 is 5.14. The normalized spacial score (nSPS) is 30.6. The number of fused-ring (bicyclic) bond motifs is 1. The van der Waals surface area contributed by atoms with Crippen LogP contribution in [0.4, 0.5) is 0 Å². The molecule has 2 aliphatic rings. The molecule has 4 atom stereocenters. The van der Waals surface area contributed by atoms with Gasteiger partial charge in [0.05, 0.1) is 12.5 Å². The molecule has 1 saturated carbocycles. The van der Waals surface area contributed by atoms with E-state index in [4.69, 9.17) is 4.74 Å². The van der Waals surface area contributed by atoms with E-state index in [1.807, 2.05) is 0 Å². The monoisotopic (exact) mass is 334 g/mol. The summed E-state index contributed by atoms with van der Waals surface area (Å²) in [5.41, 5.74) is -0.615. The molecule has 0 amide bonds. The second-order valence-electron chi connectivity index (χ2n) is 8.19. The van der Waals surface area contributed by atoms with Gasteiger partial charge in [0.1, 0.15) is 17.1 Å². The van der Waals surface area contributed by atoms with Gasteiger partial charge in [-0.05, 0) is 51.4 Å². The molecule has 0 saturated heterocycles. The summed E-state index contributed by atoms with van der Waals surface area (Å²) in [7, 11) is 0. The Kier molecular flexibility index (Phi) is 5.89. The predicted octanol–water partition coefficient (Wildman–Crippen LogP) is 4.36. The lowest BCUT2D eigenvalue weighted by molar-refractivity contribution is -0.148. The zero-order valence-corrected chi connectivity index (χ0v) is 15.2. The molecule has 0 aromatic rings. The number of carbonyl (C=O) groups is 2. The van der Waals surface area contributed by atoms with Crippen molar-refractivity contribution in [3.05, 3.63) is 24.0 Å². The Balaban J connectivity index is 2.02. The lowest BCUT2D eigenvalue weighted by Gasteiger charge is -2.40. The molecule has 0 radical (unpaired) electrons. The number of carbonyl (C=O) groups excluding carboxylic acids is 2. The maximum atomic E-state index is 12.8. The maximum absolute atomic E-state index is 12.8. The van der Waals surface area contributed by atoms with Gasteiger partial charge in [0.15, 0.2) is 0 Å². The average Bonchev–Trinajstić information content (AvgIpc) is 2.44. The van der Waals surface area contributed by atoms with Crippen molar-refractivity contribution in [2.45, 2.75) is 65.4 Å². The van der Waals surface area contributed by atoms with Crippen LogP contribution in [0.5, 0.6) is 0 Å². The van der Waals surface area contributed by atoms with Crippen LogP contribution in [0, 0.1) is 23.7 Å². The molecule has 4 nitrogen and oxygen atoms in total. The zero-order chi connectivity index (χ0) is 17.9. The number of aliphatic hydroxyl groups is 1. The van der Waals surface area contributed by atoms with Gasteiger partial charge in [0, 0.05) is 5.92 Å². The van der Waals surface area contributed by atoms with Gasteiger partial charge in [-0.3, -0.25) is 4.79 Å². The van der Waals surface area contributed by atoms with Crippen LogP contribution < -0.4 is 0 Å². The number of aliphatic hydroxyl groups excluding tert-OH is 1. The molecular weight excluding hydrogens is 304 g/mol. The van der Waals surface area contributed by atoms with Crippen molar-refractivity contribution in [1.29, 1.82) is 0 Å². The maximum Gasteiger partial charge on any atom is 0.334 e. The van der Waals surface area contributed by atoms with E-state index >= 15 is 0 Å². The fraction of sp³-hybridized carbons (Fsp3) is 0.700. The van der Waals surface area contributed by atoms with Gasteiger partial charge >= 0.3 is 5.97 Å². The first-order chi connectivity index (χ1) is 11.2. The Morgan fingerprint density at radius 1 is 1.21 bits per heavy atom. The van der Waals surface area contributed by atoms with Crippen LogP contribution in [-0.4, -0.2) is 22.5 Å². The van der Waals surface area contributed by atoms with E-state index in [0.29, 0.717) is 11.8 Å². The largest absolute Gasteiger partial charge is 0.512 e. The third-order valence-electron chi connectivity index (χ3n) is 4.98. The minimum absolute atomic E-state index is 0.0288. The van der Waals surface area contributed by atoms with Crippen molar-refractivity contribution < 1.29 is 19.4 Å². The highest BCUT2D eigenvalue weighted by atomic mass is 16.6. The van der Waals surface area contributed by atoms with Crippen LogP contribution in [-0.2, 0) is 14.3 Å². The number of Topliss-reactive ketones (excluding diaryl/α,β-unsaturated/α-hetero) is 1. The van der Waals surface area contributed by atoms with Gasteiger partial charge < -0.3 is 9.84 Å². The van der Waals surface area contributed by atoms with Gasteiger partial charge in [-0.1, -0.05) is 31.9 Å². The van der Waals surface area contributed by atoms with Crippen molar-refractivity contribution in [3.63, 3.8) is 0 Å². The minimum Gasteiger partial charge on any atom is -0.512 e. The molecule has 2 aliphatic carbocycles. The van der Waals surface area contributed by atoms with Gasteiger partial charge in [-0.2, -0.15) is 0 Å². The van der Waals surface area contributed by atoms with Crippen molar-refractivity contribution >= 4 is 11.8 Å². The summed E-state index contributed by atoms with van der Waals surface area (Å²) in [6.07, 6.45) is 9.98. The van der Waals surface area contributed by atoms with Crippen molar-refractivity contribution in [2.24, 2.45) is 23.7 Å². The van der Waals surface area contributed by atoms with Gasteiger partial charge in [0.2, 0.25) is 0 Å². The Morgan fingerprint density at radius 3 is 2.54 bits per heavy atom. The molecule has 134 valence electrons. The number of ether oxygens (including phenoxy) is 1. The lowest BCUT2D eigenvalue weighted by atomic mass is 9.63. The SMILES string of the molecule is C[C@H]1C=C[C@H]2CCCC[C@H]2[C@@H]1C(=O)C/C(O)=C/C(=O)OC(C)(C)C. The summed E-state index contributed by atoms with van der Waals surface area (Å²) >= 11 is 0. The van der Waals surface area contributed by atoms with Gasteiger partial charge in [-0.25, -0.2) is 4.79 Å². The van der Waals surface area contributed by atoms with Crippen LogP contribution >= 0.6 is 0 Å². The van der Waals surface area contributed by atoms with Crippen molar-refractivity contribution in [1.82, 2.24) is 0 Å². The summed E-state index contributed by atoms with van der Waals surface area (Å²) in [4.78, 5) is 24.5. The van der Waals surface area contributed by atoms with Crippen LogP contribution in [0.2, 0.25) is 0 Å². The van der Waals surface area contributed by atoms with E-state index in [-0.39, 0.29) is 29.8 Å². The van der Waals surface area contributed by atoms with Crippen LogP contribution in [0.1, 0.15) is 59.8 Å². The molecule has 1 fully saturated rings. The Hall–Kier alpha value is -1.58. The van der Waals surface area contributed by atoms with Crippen LogP contribution in [0.3, 0.4) is 0 Å². The number of rotatable bonds is 4. The number of esters is 1. The third kappa shape index (κ3) is 4.96. The molecule has 0 unspecified atom stereocenters. The number of hydrogen-bond acceptors (Lipinski definition) is 4. The highest BCUT2D eigenvalue weighted by Gasteiger charge is 2.39. The van der Waals surface area contributed by atoms with E-state index in [1.165, 1.54) is 12.8 Å². The second-order valence-corrected chi connectivity index (χ2v) is 8.19. The standard InChI is InChI=1S/C20H30O4/c1-13-9-10-14-7-5-6-8-16(14)19(13)17(22)11-15(21)12-18(23)24-20(2,3)4/h9-10,12-14,16,19,21H,5-8,11H2,1-4H3/b15-12-/t13-,14+,16+,19+/m0/s1. The first-order valence-electron chi connectivity index (χ1n) is 9.01. The van der Waals surface area contributed by atoms with E-state index in [9.17, 15) is 14.7 Å². The summed E-state index contributed by atoms with van der Waals surface area (Å²) in [6, 6.07) is 0. The van der Waals surface area contributed by atoms with E-state index in [1.54, 1.807) is 20.8 Å². The van der Waals surface area contributed by atoms with Gasteiger partial charge in [-0.15, -0.1) is 0 Å². The van der Waals surface area contributed by atoms with Crippen molar-refractivity contribution in [3.8, 4) is 0 Å². The number of allylic oxidation sites excluding steroid dienone is 3. The second kappa shape index (κ2) is 7.54. The van der Waals surface area contributed by atoms with Crippen LogP contribution in [0.25, 0.3) is 0 Å². The molecule has 0 aliphatic heterocycles. The smallest absolute Gasteiger partial charge is 0.334 e. The molecule has 24 heavy (non-hydrogen) atoms. The fourth-order valence-corrected chi connectivity index (χ4v) is 4.05. The first-order valence-corrected chi connectivity index (χ1v) is 9.01. The molecular formula is C20H30O4. The highest BCUT2D eigenvalue weighted by molar-refractivity contribution is 5.87. The fourth-order valence-electron chi connectivity index (χ4n) is 4.05. The van der Waals surface area contributed by atoms with E-state index < -0.39 is 11.6 Å². The molecule has 0 bridgehead atoms. The molecule has 2 rings (SSSR count). The average molecular weight is 334 g/mol. The molecule has 4 heteroatoms. The van der Waals surface area contributed by atoms with E-state index in [0.717, 1.165) is 18.9 Å². The Bertz CT molecular complexity index is 538. The molecule has 0 heterocycles. The first kappa shape index (κ1) is 18.8. The minimum atomic E-state index is -0.615. The van der Waals surface area contributed by atoms with Gasteiger partial charge in [0.25, 0.3) is 0 Å². The van der Waals surface area contributed by atoms with Crippen molar-refractivity contribution in [2.75, 3.05) is 0 Å². The van der Waals surface area contributed by atoms with E-state index in [2.05, 4.69) is 19.1 Å². The number of ketones is 1. The quantitative estimate of drug-likeness (QED) is 0.359. The molecule has 0 spiro atoms. The Morgan fingerprint density at radius 2 is 1.88 bits per heavy atom. The summed E-state index contributed by atoms with van der Waals surface area (Å²) in [6.45, 7) is 7.36. The lowest BCUT2D eigenvalue weighted by Crippen LogP contribution is -2.37. The Labute approximate surface area is 145 Å². The molecule has 0 aromatic carbocycles.